The molecule has 0 spiro atoms. The van der Waals surface area contributed by atoms with Gasteiger partial charge in [0.25, 0.3) is 0 Å². The zero-order valence-electron chi connectivity index (χ0n) is 16.5. The molecular weight excluding hydrogens is 375 g/mol. The zero-order valence-corrected chi connectivity index (χ0v) is 25.4. The zero-order chi connectivity index (χ0) is 16.7. The van der Waals surface area contributed by atoms with E-state index in [1.54, 1.807) is 9.76 Å². The van der Waals surface area contributed by atoms with Gasteiger partial charge in [0.2, 0.25) is 0 Å². The maximum Gasteiger partial charge on any atom is 0.0638 e. The summed E-state index contributed by atoms with van der Waals surface area (Å²) in [4.78, 5) is 0. The van der Waals surface area contributed by atoms with Gasteiger partial charge in [-0.05, 0) is 0 Å². The Morgan fingerprint density at radius 1 is 0.500 bits per heavy atom. The van der Waals surface area contributed by atoms with Crippen LogP contribution in [0.1, 0.15) is 0 Å². The van der Waals surface area contributed by atoms with Gasteiger partial charge >= 0.3 is 0 Å². The molecule has 0 saturated heterocycles. The van der Waals surface area contributed by atoms with Crippen molar-refractivity contribution in [2.45, 2.75) is 78.6 Å². The van der Waals surface area contributed by atoms with Crippen LogP contribution in [0, 0.1) is 0 Å². The molecule has 0 atom stereocenters. The van der Waals surface area contributed by atoms with E-state index in [0.717, 1.165) is 0 Å². The molecule has 0 aromatic rings. The van der Waals surface area contributed by atoms with Gasteiger partial charge in [0.15, 0.2) is 0 Å². The van der Waals surface area contributed by atoms with Crippen LogP contribution in [0.15, 0.2) is 0 Å². The first-order valence-corrected chi connectivity index (χ1v) is 35.9. The second kappa shape index (κ2) is 6.96. The largest absolute Gasteiger partial charge is 0.142 e. The third-order valence-corrected chi connectivity index (χ3v) is 139. The van der Waals surface area contributed by atoms with E-state index in [-0.39, 0.29) is 0 Å². The summed E-state index contributed by atoms with van der Waals surface area (Å²) in [7, 11) is -2.49. The summed E-state index contributed by atoms with van der Waals surface area (Å²) < 4.78 is 0. The van der Waals surface area contributed by atoms with Crippen LogP contribution < -0.4 is 0 Å². The van der Waals surface area contributed by atoms with Gasteiger partial charge in [-0.2, -0.15) is 0 Å². The fourth-order valence-corrected chi connectivity index (χ4v) is 264. The molecule has 0 fully saturated rings. The molecule has 0 aliphatic carbocycles. The van der Waals surface area contributed by atoms with Crippen molar-refractivity contribution in [2.75, 3.05) is 0 Å². The number of rotatable bonds is 6. The van der Waals surface area contributed by atoms with Crippen LogP contribution in [0.4, 0.5) is 0 Å². The highest BCUT2D eigenvalue weighted by Gasteiger charge is 2.49. The minimum absolute atomic E-state index is 0.417. The highest BCUT2D eigenvalue weighted by molar-refractivity contribution is 8.59. The molecule has 0 unspecified atom stereocenters. The Morgan fingerprint density at radius 3 is 0.750 bits per heavy atom. The topological polar surface area (TPSA) is 0 Å². The van der Waals surface area contributed by atoms with Crippen molar-refractivity contribution in [3.63, 3.8) is 0 Å². The average Bonchev–Trinajstić information content (AvgIpc) is 1.88. The molecule has 8 heteroatoms. The van der Waals surface area contributed by atoms with Crippen LogP contribution in [-0.2, 0) is 0 Å². The van der Waals surface area contributed by atoms with Crippen molar-refractivity contribution in [1.29, 1.82) is 0 Å². The summed E-state index contributed by atoms with van der Waals surface area (Å²) in [6.45, 7) is 33.6. The van der Waals surface area contributed by atoms with Crippen LogP contribution >= 0.6 is 13.1 Å². The average molecular weight is 415 g/mol. The first kappa shape index (κ1) is 22.2. The monoisotopic (exact) mass is 414 g/mol. The quantitative estimate of drug-likeness (QED) is 0.404. The molecule has 0 heterocycles. The van der Waals surface area contributed by atoms with Crippen molar-refractivity contribution in [1.82, 2.24) is 0 Å². The Morgan fingerprint density at radius 2 is 0.650 bits per heavy atom. The van der Waals surface area contributed by atoms with E-state index < -0.39 is 38.6 Å². The molecular formula is C12H40P2Si6. The molecule has 20 heavy (non-hydrogen) atoms. The van der Waals surface area contributed by atoms with Gasteiger partial charge in [-0.1, -0.05) is 78.6 Å². The maximum atomic E-state index is 2.72. The van der Waals surface area contributed by atoms with Crippen molar-refractivity contribution in [3.8, 4) is 0 Å². The summed E-state index contributed by atoms with van der Waals surface area (Å²) in [6.07, 6.45) is 0. The normalized spacial score (nSPS) is 15.8. The minimum atomic E-state index is -0.922. The van der Waals surface area contributed by atoms with Crippen molar-refractivity contribution >= 4 is 61.5 Å². The Balaban J connectivity index is 5.81. The van der Waals surface area contributed by atoms with E-state index >= 15 is 0 Å². The minimum Gasteiger partial charge on any atom is -0.142 e. The fraction of sp³-hybridized carbons (Fsp3) is 1.00. The molecule has 0 bridgehead atoms. The summed E-state index contributed by atoms with van der Waals surface area (Å²) in [5.41, 5.74) is 0. The Labute approximate surface area is 139 Å². The summed E-state index contributed by atoms with van der Waals surface area (Å²) in [6, 6.07) is 0. The van der Waals surface area contributed by atoms with Crippen LogP contribution in [0.3, 0.4) is 0 Å². The van der Waals surface area contributed by atoms with Crippen LogP contribution in [0.5, 0.6) is 0 Å². The Kier molecular flexibility index (Phi) is 7.71. The molecule has 0 N–H and O–H groups in total. The van der Waals surface area contributed by atoms with Gasteiger partial charge in [0, 0.05) is 9.76 Å². The standard InChI is InChI=1S/C12H40P2Si6/c1-17(2,3)13(18(4,5)6)16(15)14(19(7,8)9)20(10,11)12/h16H,1-12,15H3. The highest BCUT2D eigenvalue weighted by atomic mass is 32.0. The molecule has 0 radical (unpaired) electrons. The molecule has 0 rings (SSSR count). The molecule has 122 valence electrons. The first-order valence-electron chi connectivity index (χ1n) is 7.99. The third kappa shape index (κ3) is 6.34. The summed E-state index contributed by atoms with van der Waals surface area (Å²) in [5, 5.41) is 0. The highest BCUT2D eigenvalue weighted by Crippen LogP contribution is 2.69. The predicted molar refractivity (Wildman–Crippen MR) is 124 cm³/mol. The van der Waals surface area contributed by atoms with Crippen LogP contribution in [0.2, 0.25) is 78.6 Å². The second-order valence-electron chi connectivity index (χ2n) is 10.1. The number of hydrogen-bond acceptors (Lipinski definition) is 0. The first-order chi connectivity index (χ1) is 8.40. The molecule has 0 amide bonds. The van der Waals surface area contributed by atoms with Crippen LogP contribution in [0.25, 0.3) is 0 Å². The van der Waals surface area contributed by atoms with Crippen molar-refractivity contribution in [2.24, 2.45) is 0 Å². The lowest BCUT2D eigenvalue weighted by Gasteiger charge is -2.52. The Bertz CT molecular complexity index is 261. The third-order valence-electron chi connectivity index (χ3n) is 3.64. The summed E-state index contributed by atoms with van der Waals surface area (Å²) >= 11 is 0. The van der Waals surface area contributed by atoms with Crippen molar-refractivity contribution < 1.29 is 0 Å². The van der Waals surface area contributed by atoms with E-state index in [1.807, 2.05) is 0 Å². The van der Waals surface area contributed by atoms with E-state index in [1.165, 1.54) is 0 Å². The maximum absolute atomic E-state index is 2.72. The van der Waals surface area contributed by atoms with Gasteiger partial charge in [0.1, 0.15) is 0 Å². The lowest BCUT2D eigenvalue weighted by molar-refractivity contribution is 1.84. The van der Waals surface area contributed by atoms with Crippen LogP contribution in [-0.4, -0.2) is 48.4 Å². The smallest absolute Gasteiger partial charge is 0.0638 e. The molecule has 0 aromatic heterocycles. The lowest BCUT2D eigenvalue weighted by atomic mass is 11.8. The lowest BCUT2D eigenvalue weighted by Crippen LogP contribution is -2.46. The molecule has 0 aliphatic rings. The van der Waals surface area contributed by atoms with Gasteiger partial charge in [0.05, 0.1) is 38.6 Å². The van der Waals surface area contributed by atoms with E-state index in [9.17, 15) is 0 Å². The fourth-order valence-electron chi connectivity index (χ4n) is 4.37. The summed E-state index contributed by atoms with van der Waals surface area (Å²) in [5.74, 6) is 0. The second-order valence-corrected chi connectivity index (χ2v) is 79.2. The van der Waals surface area contributed by atoms with E-state index in [4.69, 9.17) is 0 Å². The van der Waals surface area contributed by atoms with Gasteiger partial charge in [-0.3, -0.25) is 0 Å². The molecule has 0 aliphatic heterocycles. The molecule has 0 nitrogen and oxygen atoms in total. The van der Waals surface area contributed by atoms with E-state index in [2.05, 4.69) is 78.6 Å². The van der Waals surface area contributed by atoms with Gasteiger partial charge < -0.3 is 0 Å². The van der Waals surface area contributed by atoms with Gasteiger partial charge in [-0.25, -0.2) is 0 Å². The predicted octanol–water partition coefficient (Wildman–Crippen LogP) is 5.37. The number of hydrogen-bond donors (Lipinski definition) is 0. The molecule has 0 aromatic carbocycles. The van der Waals surface area contributed by atoms with Crippen molar-refractivity contribution in [3.05, 3.63) is 0 Å². The van der Waals surface area contributed by atoms with Gasteiger partial charge in [-0.15, -0.1) is 13.1 Å². The molecule has 0 saturated carbocycles. The SMILES string of the molecule is C[Si](C)(C)P([SiH]([SiH3])P([Si](C)(C)C)[Si](C)(C)C)[Si](C)(C)C. The Hall–Kier alpha value is 2.16. The van der Waals surface area contributed by atoms with E-state index in [0.29, 0.717) is 13.1 Å².